The number of aromatic carboxylic acids is 1. The van der Waals surface area contributed by atoms with Gasteiger partial charge in [0.1, 0.15) is 0 Å². The van der Waals surface area contributed by atoms with E-state index in [9.17, 15) is 9.59 Å². The molecule has 0 bridgehead atoms. The van der Waals surface area contributed by atoms with Crippen LogP contribution < -0.4 is 5.56 Å². The van der Waals surface area contributed by atoms with Gasteiger partial charge in [0.2, 0.25) is 0 Å². The quantitative estimate of drug-likeness (QED) is 0.926. The summed E-state index contributed by atoms with van der Waals surface area (Å²) in [5, 5.41) is 9.73. The molecule has 98 valence electrons. The number of carboxylic acids is 1. The lowest BCUT2D eigenvalue weighted by Crippen LogP contribution is -2.22. The fourth-order valence-electron chi connectivity index (χ4n) is 1.81. The molecule has 4 nitrogen and oxygen atoms in total. The minimum Gasteiger partial charge on any atom is -0.478 e. The molecule has 2 aromatic rings. The summed E-state index contributed by atoms with van der Waals surface area (Å²) in [6.07, 6.45) is 0. The molecule has 0 aliphatic rings. The van der Waals surface area contributed by atoms with Crippen LogP contribution in [0.5, 0.6) is 0 Å². The summed E-state index contributed by atoms with van der Waals surface area (Å²) in [7, 11) is 0. The van der Waals surface area contributed by atoms with Crippen LogP contribution in [0.4, 0.5) is 0 Å². The van der Waals surface area contributed by atoms with E-state index < -0.39 is 5.97 Å². The van der Waals surface area contributed by atoms with E-state index in [1.165, 1.54) is 22.8 Å². The average Bonchev–Trinajstić information content (AvgIpc) is 2.33. The summed E-state index contributed by atoms with van der Waals surface area (Å²) < 4.78 is 1.28. The molecule has 1 N–H and O–H groups in total. The van der Waals surface area contributed by atoms with E-state index in [0.717, 1.165) is 0 Å². The van der Waals surface area contributed by atoms with Crippen molar-refractivity contribution in [2.75, 3.05) is 0 Å². The number of carbonyl (C=O) groups is 1. The van der Waals surface area contributed by atoms with Crippen LogP contribution in [0, 0.1) is 6.92 Å². The number of halogens is 2. The van der Waals surface area contributed by atoms with Gasteiger partial charge in [0.05, 0.1) is 21.3 Å². The zero-order chi connectivity index (χ0) is 14.2. The van der Waals surface area contributed by atoms with Gasteiger partial charge in [0.15, 0.2) is 0 Å². The molecule has 0 atom stereocenters. The SMILES string of the molecule is Cc1c(C(=O)O)ccc(=O)n1-c1ccc(Cl)c(Cl)c1. The smallest absolute Gasteiger partial charge is 0.337 e. The summed E-state index contributed by atoms with van der Waals surface area (Å²) in [5.74, 6) is -1.09. The molecule has 0 unspecified atom stereocenters. The first-order chi connectivity index (χ1) is 8.91. The van der Waals surface area contributed by atoms with Gasteiger partial charge in [-0.3, -0.25) is 9.36 Å². The lowest BCUT2D eigenvalue weighted by molar-refractivity contribution is 0.0695. The van der Waals surface area contributed by atoms with Crippen molar-refractivity contribution in [2.24, 2.45) is 0 Å². The minimum atomic E-state index is -1.09. The zero-order valence-corrected chi connectivity index (χ0v) is 11.4. The predicted octanol–water partition coefficient (Wildman–Crippen LogP) is 3.15. The van der Waals surface area contributed by atoms with Crippen LogP contribution in [-0.2, 0) is 0 Å². The molecule has 0 amide bonds. The maximum Gasteiger partial charge on any atom is 0.337 e. The first kappa shape index (κ1) is 13.6. The monoisotopic (exact) mass is 297 g/mol. The fourth-order valence-corrected chi connectivity index (χ4v) is 2.10. The molecule has 1 aromatic carbocycles. The molecule has 2 rings (SSSR count). The number of hydrogen-bond acceptors (Lipinski definition) is 2. The van der Waals surface area contributed by atoms with Gasteiger partial charge in [-0.05, 0) is 31.2 Å². The van der Waals surface area contributed by atoms with Crippen LogP contribution in [-0.4, -0.2) is 15.6 Å². The van der Waals surface area contributed by atoms with Crippen molar-refractivity contribution < 1.29 is 9.90 Å². The Morgan fingerprint density at radius 2 is 1.84 bits per heavy atom. The van der Waals surface area contributed by atoms with E-state index in [0.29, 0.717) is 21.4 Å². The number of pyridine rings is 1. The van der Waals surface area contributed by atoms with Crippen molar-refractivity contribution in [1.82, 2.24) is 4.57 Å². The predicted molar refractivity (Wildman–Crippen MR) is 73.8 cm³/mol. The highest BCUT2D eigenvalue weighted by Gasteiger charge is 2.13. The van der Waals surface area contributed by atoms with Gasteiger partial charge in [-0.2, -0.15) is 0 Å². The van der Waals surface area contributed by atoms with E-state index in [-0.39, 0.29) is 11.1 Å². The Labute approximate surface area is 118 Å². The molecule has 0 saturated carbocycles. The van der Waals surface area contributed by atoms with Crippen LogP contribution in [0.15, 0.2) is 35.1 Å². The van der Waals surface area contributed by atoms with Crippen LogP contribution >= 0.6 is 23.2 Å². The average molecular weight is 298 g/mol. The van der Waals surface area contributed by atoms with E-state index in [2.05, 4.69) is 0 Å². The first-order valence-electron chi connectivity index (χ1n) is 5.33. The molecule has 0 aliphatic carbocycles. The van der Waals surface area contributed by atoms with Gasteiger partial charge in [-0.1, -0.05) is 23.2 Å². The van der Waals surface area contributed by atoms with Crippen molar-refractivity contribution in [1.29, 1.82) is 0 Å². The van der Waals surface area contributed by atoms with Gasteiger partial charge in [0.25, 0.3) is 5.56 Å². The second-order valence-corrected chi connectivity index (χ2v) is 4.72. The second-order valence-electron chi connectivity index (χ2n) is 3.91. The largest absolute Gasteiger partial charge is 0.478 e. The summed E-state index contributed by atoms with van der Waals surface area (Å²) in [4.78, 5) is 23.0. The van der Waals surface area contributed by atoms with E-state index >= 15 is 0 Å². The van der Waals surface area contributed by atoms with Crippen LogP contribution in [0.1, 0.15) is 16.1 Å². The Hall–Kier alpha value is -1.78. The minimum absolute atomic E-state index is 0.0608. The van der Waals surface area contributed by atoms with E-state index in [1.807, 2.05) is 0 Å². The van der Waals surface area contributed by atoms with Gasteiger partial charge in [-0.25, -0.2) is 4.79 Å². The third kappa shape index (κ3) is 2.50. The highest BCUT2D eigenvalue weighted by molar-refractivity contribution is 6.42. The number of nitrogens with zero attached hydrogens (tertiary/aromatic N) is 1. The highest BCUT2D eigenvalue weighted by Crippen LogP contribution is 2.24. The number of aromatic nitrogens is 1. The summed E-state index contributed by atoms with van der Waals surface area (Å²) in [6.45, 7) is 1.56. The summed E-state index contributed by atoms with van der Waals surface area (Å²) >= 11 is 11.7. The number of rotatable bonds is 2. The van der Waals surface area contributed by atoms with Crippen molar-refractivity contribution in [3.63, 3.8) is 0 Å². The van der Waals surface area contributed by atoms with Crippen molar-refractivity contribution in [3.05, 3.63) is 62.0 Å². The van der Waals surface area contributed by atoms with Crippen LogP contribution in [0.2, 0.25) is 10.0 Å². The Morgan fingerprint density at radius 3 is 2.42 bits per heavy atom. The number of hydrogen-bond donors (Lipinski definition) is 1. The molecular formula is C13H9Cl2NO3. The molecule has 0 spiro atoms. The van der Waals surface area contributed by atoms with Crippen LogP contribution in [0.25, 0.3) is 5.69 Å². The molecule has 1 heterocycles. The van der Waals surface area contributed by atoms with Crippen molar-refractivity contribution >= 4 is 29.2 Å². The Kier molecular flexibility index (Phi) is 3.64. The topological polar surface area (TPSA) is 59.3 Å². The Morgan fingerprint density at radius 1 is 1.16 bits per heavy atom. The summed E-state index contributed by atoms with van der Waals surface area (Å²) in [5.41, 5.74) is 0.532. The standard InChI is InChI=1S/C13H9Cl2NO3/c1-7-9(13(18)19)3-5-12(17)16(7)8-2-4-10(14)11(15)6-8/h2-6H,1H3,(H,18,19). The van der Waals surface area contributed by atoms with E-state index in [4.69, 9.17) is 28.3 Å². The molecule has 1 aromatic heterocycles. The lowest BCUT2D eigenvalue weighted by Gasteiger charge is -2.12. The third-order valence-corrected chi connectivity index (χ3v) is 3.47. The zero-order valence-electron chi connectivity index (χ0n) is 9.85. The number of carboxylic acid groups (broad SMARTS) is 1. The van der Waals surface area contributed by atoms with Crippen molar-refractivity contribution in [3.8, 4) is 5.69 Å². The van der Waals surface area contributed by atoms with Gasteiger partial charge in [-0.15, -0.1) is 0 Å². The fraction of sp³-hybridized carbons (Fsp3) is 0.0769. The molecular weight excluding hydrogens is 289 g/mol. The molecule has 0 aliphatic heterocycles. The van der Waals surface area contributed by atoms with Crippen LogP contribution in [0.3, 0.4) is 0 Å². The molecule has 0 radical (unpaired) electrons. The second kappa shape index (κ2) is 5.07. The molecule has 0 fully saturated rings. The van der Waals surface area contributed by atoms with Gasteiger partial charge in [0, 0.05) is 11.8 Å². The van der Waals surface area contributed by atoms with Gasteiger partial charge >= 0.3 is 5.97 Å². The Bertz CT molecular complexity index is 722. The maximum atomic E-state index is 11.9. The molecule has 19 heavy (non-hydrogen) atoms. The van der Waals surface area contributed by atoms with Crippen molar-refractivity contribution in [2.45, 2.75) is 6.92 Å². The van der Waals surface area contributed by atoms with Gasteiger partial charge < -0.3 is 5.11 Å². The normalized spacial score (nSPS) is 10.5. The summed E-state index contributed by atoms with van der Waals surface area (Å²) in [6, 6.07) is 7.17. The molecule has 0 saturated heterocycles. The third-order valence-electron chi connectivity index (χ3n) is 2.73. The van der Waals surface area contributed by atoms with E-state index in [1.54, 1.807) is 19.1 Å². The Balaban J connectivity index is 2.74. The molecule has 6 heteroatoms. The first-order valence-corrected chi connectivity index (χ1v) is 6.09. The highest BCUT2D eigenvalue weighted by atomic mass is 35.5. The lowest BCUT2D eigenvalue weighted by atomic mass is 10.2. The maximum absolute atomic E-state index is 11.9. The number of benzene rings is 1.